The fraction of sp³-hybridized carbons (Fsp3) is 0.375. The Morgan fingerprint density at radius 2 is 1.86 bits per heavy atom. The third-order valence-corrected chi connectivity index (χ3v) is 6.34. The molecule has 0 spiro atoms. The normalized spacial score (nSPS) is 18.8. The van der Waals surface area contributed by atoms with Gasteiger partial charge in [0, 0.05) is 31.1 Å². The standard InChI is InChI=1S/C24H27N3O2/c1-28-20-5-3-4-17(13-20)24-25-22-10-11-27(15-23(22)26-24)19-8-6-16-7-9-21(29-2)14-18(16)12-19/h3-5,7,9,13-14,19H,6,8,10-12,15H2,1-2H3,(H,25,26). The summed E-state index contributed by atoms with van der Waals surface area (Å²) in [6, 6.07) is 15.2. The van der Waals surface area contributed by atoms with Gasteiger partial charge >= 0.3 is 0 Å². The third kappa shape index (κ3) is 3.51. The molecule has 1 aliphatic carbocycles. The Morgan fingerprint density at radius 3 is 2.72 bits per heavy atom. The van der Waals surface area contributed by atoms with Gasteiger partial charge in [0.1, 0.15) is 17.3 Å². The van der Waals surface area contributed by atoms with Crippen LogP contribution in [0.25, 0.3) is 11.4 Å². The number of aromatic nitrogens is 2. The highest BCUT2D eigenvalue weighted by Crippen LogP contribution is 2.31. The van der Waals surface area contributed by atoms with E-state index in [0.29, 0.717) is 6.04 Å². The number of hydrogen-bond acceptors (Lipinski definition) is 4. The average molecular weight is 389 g/mol. The lowest BCUT2D eigenvalue weighted by atomic mass is 9.86. The van der Waals surface area contributed by atoms with Gasteiger partial charge in [0.25, 0.3) is 0 Å². The summed E-state index contributed by atoms with van der Waals surface area (Å²) in [5.74, 6) is 2.76. The molecule has 0 saturated heterocycles. The van der Waals surface area contributed by atoms with Crippen molar-refractivity contribution in [3.05, 3.63) is 65.0 Å². The van der Waals surface area contributed by atoms with Crippen molar-refractivity contribution >= 4 is 0 Å². The quantitative estimate of drug-likeness (QED) is 0.733. The molecule has 2 heterocycles. The summed E-state index contributed by atoms with van der Waals surface area (Å²) in [5, 5.41) is 0. The Kier molecular flexibility index (Phi) is 4.76. The van der Waals surface area contributed by atoms with Crippen LogP contribution < -0.4 is 9.47 Å². The average Bonchev–Trinajstić information content (AvgIpc) is 3.22. The number of ether oxygens (including phenoxy) is 2. The number of H-pyrrole nitrogens is 1. The van der Waals surface area contributed by atoms with Gasteiger partial charge in [0.15, 0.2) is 0 Å². The Balaban J connectivity index is 1.34. The zero-order valence-electron chi connectivity index (χ0n) is 17.1. The van der Waals surface area contributed by atoms with Gasteiger partial charge in [-0.2, -0.15) is 0 Å². The van der Waals surface area contributed by atoms with Crippen LogP contribution in [0.3, 0.4) is 0 Å². The van der Waals surface area contributed by atoms with E-state index < -0.39 is 0 Å². The molecule has 5 heteroatoms. The molecule has 0 fully saturated rings. The minimum Gasteiger partial charge on any atom is -0.497 e. The minimum atomic E-state index is 0.575. The lowest BCUT2D eigenvalue weighted by molar-refractivity contribution is 0.160. The highest BCUT2D eigenvalue weighted by atomic mass is 16.5. The summed E-state index contributed by atoms with van der Waals surface area (Å²) < 4.78 is 10.8. The van der Waals surface area contributed by atoms with E-state index in [-0.39, 0.29) is 0 Å². The number of imidazole rings is 1. The molecule has 2 aromatic carbocycles. The molecular weight excluding hydrogens is 362 g/mol. The Morgan fingerprint density at radius 1 is 1.00 bits per heavy atom. The fourth-order valence-electron chi connectivity index (χ4n) is 4.69. The van der Waals surface area contributed by atoms with Gasteiger partial charge in [0.2, 0.25) is 0 Å². The van der Waals surface area contributed by atoms with Crippen LogP contribution in [0.1, 0.15) is 28.9 Å². The zero-order chi connectivity index (χ0) is 19.8. The summed E-state index contributed by atoms with van der Waals surface area (Å²) in [7, 11) is 3.44. The Hall–Kier alpha value is -2.79. The van der Waals surface area contributed by atoms with E-state index in [0.717, 1.165) is 55.2 Å². The summed E-state index contributed by atoms with van der Waals surface area (Å²) >= 11 is 0. The van der Waals surface area contributed by atoms with Crippen LogP contribution in [-0.2, 0) is 25.8 Å². The molecule has 1 N–H and O–H groups in total. The number of nitrogens with one attached hydrogen (secondary N) is 1. The van der Waals surface area contributed by atoms with Crippen LogP contribution in [0.2, 0.25) is 0 Å². The predicted molar refractivity (Wildman–Crippen MR) is 113 cm³/mol. The first-order valence-electron chi connectivity index (χ1n) is 10.4. The van der Waals surface area contributed by atoms with E-state index in [1.807, 2.05) is 18.2 Å². The number of benzene rings is 2. The summed E-state index contributed by atoms with van der Waals surface area (Å²) in [5.41, 5.74) is 6.45. The van der Waals surface area contributed by atoms with E-state index in [1.165, 1.54) is 28.9 Å². The van der Waals surface area contributed by atoms with E-state index in [1.54, 1.807) is 14.2 Å². The summed E-state index contributed by atoms with van der Waals surface area (Å²) in [6.45, 7) is 2.01. The molecule has 29 heavy (non-hydrogen) atoms. The number of aromatic amines is 1. The van der Waals surface area contributed by atoms with Crippen molar-refractivity contribution < 1.29 is 9.47 Å². The molecule has 1 aliphatic heterocycles. The van der Waals surface area contributed by atoms with Crippen molar-refractivity contribution in [2.75, 3.05) is 20.8 Å². The lowest BCUT2D eigenvalue weighted by Crippen LogP contribution is -2.42. The van der Waals surface area contributed by atoms with Crippen LogP contribution in [0.5, 0.6) is 11.5 Å². The summed E-state index contributed by atoms with van der Waals surface area (Å²) in [6.07, 6.45) is 4.45. The number of rotatable bonds is 4. The first kappa shape index (κ1) is 18.3. The zero-order valence-corrected chi connectivity index (χ0v) is 17.1. The SMILES string of the molecule is COc1cccc(-c2nc3c([nH]2)CN(C2CCc4ccc(OC)cc4C2)CC3)c1. The van der Waals surface area contributed by atoms with Gasteiger partial charge in [-0.1, -0.05) is 18.2 Å². The monoisotopic (exact) mass is 389 g/mol. The highest BCUT2D eigenvalue weighted by molar-refractivity contribution is 5.58. The fourth-order valence-corrected chi connectivity index (χ4v) is 4.69. The van der Waals surface area contributed by atoms with Crippen LogP contribution in [-0.4, -0.2) is 41.7 Å². The van der Waals surface area contributed by atoms with Gasteiger partial charge in [-0.15, -0.1) is 0 Å². The third-order valence-electron chi connectivity index (χ3n) is 6.34. The van der Waals surface area contributed by atoms with Crippen LogP contribution in [0.15, 0.2) is 42.5 Å². The van der Waals surface area contributed by atoms with Crippen LogP contribution in [0, 0.1) is 0 Å². The maximum absolute atomic E-state index is 5.43. The van der Waals surface area contributed by atoms with Gasteiger partial charge in [-0.3, -0.25) is 4.90 Å². The molecule has 3 aromatic rings. The molecule has 5 nitrogen and oxygen atoms in total. The minimum absolute atomic E-state index is 0.575. The first-order valence-corrected chi connectivity index (χ1v) is 10.4. The maximum Gasteiger partial charge on any atom is 0.137 e. The molecule has 2 aliphatic rings. The van der Waals surface area contributed by atoms with Crippen molar-refractivity contribution in [1.82, 2.24) is 14.9 Å². The molecule has 5 rings (SSSR count). The van der Waals surface area contributed by atoms with Crippen molar-refractivity contribution in [3.63, 3.8) is 0 Å². The van der Waals surface area contributed by atoms with Crippen molar-refractivity contribution in [1.29, 1.82) is 0 Å². The van der Waals surface area contributed by atoms with Crippen LogP contribution in [0.4, 0.5) is 0 Å². The van der Waals surface area contributed by atoms with Gasteiger partial charge in [0.05, 0.1) is 25.6 Å². The Bertz CT molecular complexity index is 1030. The second-order valence-electron chi connectivity index (χ2n) is 7.99. The number of aryl methyl sites for hydroxylation is 1. The summed E-state index contributed by atoms with van der Waals surface area (Å²) in [4.78, 5) is 11.1. The molecule has 0 bridgehead atoms. The number of hydrogen-bond donors (Lipinski definition) is 1. The van der Waals surface area contributed by atoms with Gasteiger partial charge in [-0.05, 0) is 54.7 Å². The molecule has 1 atom stereocenters. The van der Waals surface area contributed by atoms with Crippen molar-refractivity contribution in [3.8, 4) is 22.9 Å². The molecule has 150 valence electrons. The number of methoxy groups -OCH3 is 2. The van der Waals surface area contributed by atoms with Crippen molar-refractivity contribution in [2.45, 2.75) is 38.3 Å². The Labute approximate surface area is 171 Å². The molecule has 1 aromatic heterocycles. The molecular formula is C24H27N3O2. The number of nitrogens with zero attached hydrogens (tertiary/aromatic N) is 2. The van der Waals surface area contributed by atoms with Gasteiger partial charge < -0.3 is 14.5 Å². The maximum atomic E-state index is 5.43. The van der Waals surface area contributed by atoms with E-state index in [9.17, 15) is 0 Å². The topological polar surface area (TPSA) is 50.4 Å². The largest absolute Gasteiger partial charge is 0.497 e. The molecule has 0 saturated carbocycles. The second kappa shape index (κ2) is 7.56. The van der Waals surface area contributed by atoms with Crippen LogP contribution >= 0.6 is 0 Å². The first-order chi connectivity index (χ1) is 14.2. The van der Waals surface area contributed by atoms with E-state index in [4.69, 9.17) is 14.5 Å². The predicted octanol–water partition coefficient (Wildman–Crippen LogP) is 4.01. The second-order valence-corrected chi connectivity index (χ2v) is 7.99. The molecule has 0 amide bonds. The number of fused-ring (bicyclic) bond motifs is 2. The smallest absolute Gasteiger partial charge is 0.137 e. The van der Waals surface area contributed by atoms with Crippen molar-refractivity contribution in [2.24, 2.45) is 0 Å². The molecule has 0 radical (unpaired) electrons. The highest BCUT2D eigenvalue weighted by Gasteiger charge is 2.29. The van der Waals surface area contributed by atoms with E-state index >= 15 is 0 Å². The van der Waals surface area contributed by atoms with E-state index in [2.05, 4.69) is 34.1 Å². The molecule has 1 unspecified atom stereocenters. The van der Waals surface area contributed by atoms with Gasteiger partial charge in [-0.25, -0.2) is 4.98 Å². The lowest BCUT2D eigenvalue weighted by Gasteiger charge is -2.37.